The van der Waals surface area contributed by atoms with Crippen LogP contribution in [0, 0.1) is 0 Å². The minimum absolute atomic E-state index is 0.198. The number of para-hydroxylation sites is 1. The van der Waals surface area contributed by atoms with E-state index in [1.807, 2.05) is 73.7 Å². The predicted molar refractivity (Wildman–Crippen MR) is 94.6 cm³/mol. The van der Waals surface area contributed by atoms with E-state index in [0.717, 1.165) is 22.3 Å². The number of anilines is 1. The molecule has 1 aromatic heterocycles. The molecule has 0 unspecified atom stereocenters. The van der Waals surface area contributed by atoms with Crippen LogP contribution in [0.25, 0.3) is 10.9 Å². The topological polar surface area (TPSA) is 42.0 Å². The Balaban J connectivity index is 1.83. The second-order valence-corrected chi connectivity index (χ2v) is 5.60. The number of pyridine rings is 1. The maximum atomic E-state index is 12.3. The van der Waals surface area contributed by atoms with E-state index < -0.39 is 0 Å². The molecule has 3 aromatic rings. The quantitative estimate of drug-likeness (QED) is 0.740. The number of ketones is 1. The normalized spacial score (nSPS) is 12.0. The van der Waals surface area contributed by atoms with Crippen LogP contribution in [0.15, 0.2) is 66.7 Å². The first-order chi connectivity index (χ1) is 11.3. The Bertz CT molecular complexity index is 799. The summed E-state index contributed by atoms with van der Waals surface area (Å²) in [5.41, 5.74) is 2.08. The van der Waals surface area contributed by atoms with E-state index in [9.17, 15) is 4.79 Å². The van der Waals surface area contributed by atoms with Crippen molar-refractivity contribution in [1.82, 2.24) is 4.98 Å². The Hall–Kier alpha value is -2.68. The Labute approximate surface area is 136 Å². The number of nitrogens with one attached hydrogen (secondary N) is 1. The van der Waals surface area contributed by atoms with E-state index in [2.05, 4.69) is 10.3 Å². The highest BCUT2D eigenvalue weighted by Gasteiger charge is 2.17. The third-order valence-electron chi connectivity index (χ3n) is 3.94. The van der Waals surface area contributed by atoms with Gasteiger partial charge >= 0.3 is 0 Å². The van der Waals surface area contributed by atoms with Crippen molar-refractivity contribution in [1.29, 1.82) is 0 Å². The van der Waals surface area contributed by atoms with Gasteiger partial charge in [0.05, 0.1) is 11.6 Å². The number of aromatic nitrogens is 1. The van der Waals surface area contributed by atoms with Crippen LogP contribution in [-0.4, -0.2) is 16.8 Å². The van der Waals surface area contributed by atoms with Gasteiger partial charge in [-0.3, -0.25) is 4.79 Å². The largest absolute Gasteiger partial charge is 0.360 e. The second kappa shape index (κ2) is 7.05. The van der Waals surface area contributed by atoms with Crippen LogP contribution in [0.1, 0.15) is 18.9 Å². The van der Waals surface area contributed by atoms with Crippen LogP contribution in [0.2, 0.25) is 0 Å². The number of hydrogen-bond donors (Lipinski definition) is 1. The maximum Gasteiger partial charge on any atom is 0.155 e. The number of carbonyl (C=O) groups is 1. The molecule has 0 aliphatic carbocycles. The lowest BCUT2D eigenvalue weighted by Crippen LogP contribution is -2.31. The molecule has 116 valence electrons. The molecule has 0 aliphatic rings. The molecule has 0 fully saturated rings. The Morgan fingerprint density at radius 3 is 2.52 bits per heavy atom. The SMILES string of the molecule is CCC(=O)[C@H](Cc1ccccc1)Nc1ccc2ccccc2n1. The molecule has 2 aromatic carbocycles. The van der Waals surface area contributed by atoms with Gasteiger partial charge in [0, 0.05) is 11.8 Å². The first kappa shape index (κ1) is 15.2. The van der Waals surface area contributed by atoms with E-state index in [4.69, 9.17) is 0 Å². The van der Waals surface area contributed by atoms with Crippen LogP contribution in [0.3, 0.4) is 0 Å². The summed E-state index contributed by atoms with van der Waals surface area (Å²) in [6, 6.07) is 21.8. The molecule has 1 atom stereocenters. The smallest absolute Gasteiger partial charge is 0.155 e. The zero-order valence-electron chi connectivity index (χ0n) is 13.2. The fourth-order valence-corrected chi connectivity index (χ4v) is 2.67. The lowest BCUT2D eigenvalue weighted by Gasteiger charge is -2.18. The summed E-state index contributed by atoms with van der Waals surface area (Å²) < 4.78 is 0. The summed E-state index contributed by atoms with van der Waals surface area (Å²) >= 11 is 0. The van der Waals surface area contributed by atoms with E-state index in [0.29, 0.717) is 12.8 Å². The van der Waals surface area contributed by atoms with Gasteiger partial charge < -0.3 is 5.32 Å². The molecule has 0 bridgehead atoms. The van der Waals surface area contributed by atoms with Gasteiger partial charge in [-0.15, -0.1) is 0 Å². The van der Waals surface area contributed by atoms with Gasteiger partial charge in [-0.2, -0.15) is 0 Å². The molecule has 23 heavy (non-hydrogen) atoms. The third kappa shape index (κ3) is 3.75. The fourth-order valence-electron chi connectivity index (χ4n) is 2.67. The van der Waals surface area contributed by atoms with Gasteiger partial charge in [0.15, 0.2) is 5.78 Å². The van der Waals surface area contributed by atoms with Crippen molar-refractivity contribution in [2.24, 2.45) is 0 Å². The monoisotopic (exact) mass is 304 g/mol. The Kier molecular flexibility index (Phi) is 4.67. The molecule has 0 saturated heterocycles. The summed E-state index contributed by atoms with van der Waals surface area (Å²) in [6.45, 7) is 1.90. The molecular formula is C20H20N2O. The Morgan fingerprint density at radius 2 is 1.74 bits per heavy atom. The highest BCUT2D eigenvalue weighted by Crippen LogP contribution is 2.17. The van der Waals surface area contributed by atoms with E-state index >= 15 is 0 Å². The van der Waals surface area contributed by atoms with E-state index in [1.54, 1.807) is 0 Å². The number of carbonyl (C=O) groups excluding carboxylic acids is 1. The average Bonchev–Trinajstić information content (AvgIpc) is 2.61. The highest BCUT2D eigenvalue weighted by atomic mass is 16.1. The first-order valence-electron chi connectivity index (χ1n) is 7.95. The third-order valence-corrected chi connectivity index (χ3v) is 3.94. The molecule has 1 N–H and O–H groups in total. The number of fused-ring (bicyclic) bond motifs is 1. The van der Waals surface area contributed by atoms with Crippen molar-refractivity contribution < 1.29 is 4.79 Å². The molecule has 0 amide bonds. The van der Waals surface area contributed by atoms with Gasteiger partial charge in [-0.05, 0) is 30.2 Å². The Morgan fingerprint density at radius 1 is 1.00 bits per heavy atom. The number of benzene rings is 2. The van der Waals surface area contributed by atoms with Gasteiger partial charge in [0.2, 0.25) is 0 Å². The number of nitrogens with zero attached hydrogens (tertiary/aromatic N) is 1. The first-order valence-corrected chi connectivity index (χ1v) is 7.95. The summed E-state index contributed by atoms with van der Waals surface area (Å²) in [5.74, 6) is 0.940. The molecule has 0 saturated carbocycles. The second-order valence-electron chi connectivity index (χ2n) is 5.60. The minimum Gasteiger partial charge on any atom is -0.360 e. The average molecular weight is 304 g/mol. The summed E-state index contributed by atoms with van der Waals surface area (Å²) in [7, 11) is 0. The van der Waals surface area contributed by atoms with Crippen molar-refractivity contribution >= 4 is 22.5 Å². The molecule has 0 radical (unpaired) electrons. The van der Waals surface area contributed by atoms with Crippen LogP contribution < -0.4 is 5.32 Å². The molecular weight excluding hydrogens is 284 g/mol. The molecule has 3 heteroatoms. The number of hydrogen-bond acceptors (Lipinski definition) is 3. The zero-order valence-corrected chi connectivity index (χ0v) is 13.2. The summed E-state index contributed by atoms with van der Waals surface area (Å²) in [4.78, 5) is 16.9. The van der Waals surface area contributed by atoms with Crippen LogP contribution in [0.4, 0.5) is 5.82 Å². The van der Waals surface area contributed by atoms with Gasteiger partial charge in [0.1, 0.15) is 5.82 Å². The fraction of sp³-hybridized carbons (Fsp3) is 0.200. The van der Waals surface area contributed by atoms with E-state index in [1.165, 1.54) is 0 Å². The summed E-state index contributed by atoms with van der Waals surface area (Å²) in [5, 5.41) is 4.41. The van der Waals surface area contributed by atoms with Crippen LogP contribution in [0.5, 0.6) is 0 Å². The van der Waals surface area contributed by atoms with Crippen LogP contribution >= 0.6 is 0 Å². The van der Waals surface area contributed by atoms with Gasteiger partial charge in [-0.1, -0.05) is 55.5 Å². The van der Waals surface area contributed by atoms with Crippen molar-refractivity contribution in [3.63, 3.8) is 0 Å². The molecule has 3 rings (SSSR count). The van der Waals surface area contributed by atoms with Crippen molar-refractivity contribution in [2.45, 2.75) is 25.8 Å². The minimum atomic E-state index is -0.254. The van der Waals surface area contributed by atoms with Gasteiger partial charge in [0.25, 0.3) is 0 Å². The summed E-state index contributed by atoms with van der Waals surface area (Å²) in [6.07, 6.45) is 1.18. The van der Waals surface area contributed by atoms with Crippen molar-refractivity contribution in [3.8, 4) is 0 Å². The number of rotatable bonds is 6. The van der Waals surface area contributed by atoms with Gasteiger partial charge in [-0.25, -0.2) is 4.98 Å². The lowest BCUT2D eigenvalue weighted by atomic mass is 10.0. The standard InChI is InChI=1S/C20H20N2O/c1-2-19(23)18(14-15-8-4-3-5-9-15)22-20-13-12-16-10-6-7-11-17(16)21-20/h3-13,18H,2,14H2,1H3,(H,21,22)/t18-/m0/s1. The lowest BCUT2D eigenvalue weighted by molar-refractivity contribution is -0.119. The molecule has 0 spiro atoms. The molecule has 1 heterocycles. The predicted octanol–water partition coefficient (Wildman–Crippen LogP) is 4.24. The van der Waals surface area contributed by atoms with Crippen molar-refractivity contribution in [3.05, 3.63) is 72.3 Å². The number of Topliss-reactive ketones (excluding diaryl/α,β-unsaturated/α-hetero) is 1. The highest BCUT2D eigenvalue weighted by molar-refractivity contribution is 5.87. The van der Waals surface area contributed by atoms with E-state index in [-0.39, 0.29) is 11.8 Å². The molecule has 0 aliphatic heterocycles. The zero-order chi connectivity index (χ0) is 16.1. The maximum absolute atomic E-state index is 12.3. The van der Waals surface area contributed by atoms with Crippen LogP contribution in [-0.2, 0) is 11.2 Å². The molecule has 3 nitrogen and oxygen atoms in total. The van der Waals surface area contributed by atoms with Crippen molar-refractivity contribution in [2.75, 3.05) is 5.32 Å².